The van der Waals surface area contributed by atoms with Crippen LogP contribution in [-0.2, 0) is 9.59 Å². The van der Waals surface area contributed by atoms with Gasteiger partial charge in [-0.05, 0) is 27.1 Å². The summed E-state index contributed by atoms with van der Waals surface area (Å²) in [7, 11) is 3.43. The summed E-state index contributed by atoms with van der Waals surface area (Å²) in [6.07, 6.45) is 13.3. The monoisotopic (exact) mass is 368 g/mol. The zero-order valence-electron chi connectivity index (χ0n) is 16.8. The van der Waals surface area contributed by atoms with Crippen LogP contribution in [0.5, 0.6) is 0 Å². The molecule has 0 amide bonds. The Labute approximate surface area is 176 Å². The number of aliphatic carboxylic acids is 2. The zero-order valence-corrected chi connectivity index (χ0v) is 18.8. The predicted octanol–water partition coefficient (Wildman–Crippen LogP) is -1.12. The number of hydrogen-bond acceptors (Lipinski definition) is 5. The molecule has 0 bridgehead atoms. The van der Waals surface area contributed by atoms with Crippen LogP contribution in [0.3, 0.4) is 0 Å². The molecule has 0 aliphatic heterocycles. The fourth-order valence-corrected chi connectivity index (χ4v) is 2.32. The molecule has 0 saturated carbocycles. The van der Waals surface area contributed by atoms with Crippen LogP contribution in [0.2, 0.25) is 0 Å². The minimum Gasteiger partial charge on any atom is -0.549 e. The van der Waals surface area contributed by atoms with E-state index in [9.17, 15) is 14.7 Å². The molecule has 0 aromatic rings. The number of unbranched alkanes of at least 4 members (excludes halogenated alkanes) is 9. The Hall–Kier alpha value is -0.140. The number of likely N-dealkylation sites (N-methyl/N-ethyl adjacent to an activating group) is 2. The van der Waals surface area contributed by atoms with Crippen molar-refractivity contribution in [2.24, 2.45) is 0 Å². The molecule has 144 valence electrons. The van der Waals surface area contributed by atoms with Gasteiger partial charge < -0.3 is 20.3 Å². The van der Waals surface area contributed by atoms with Crippen molar-refractivity contribution >= 4 is 11.9 Å². The summed E-state index contributed by atoms with van der Waals surface area (Å²) in [4.78, 5) is 21.8. The number of carbonyl (C=O) groups is 2. The molecule has 0 spiro atoms. The first-order valence-corrected chi connectivity index (χ1v) is 9.18. The van der Waals surface area contributed by atoms with Gasteiger partial charge in [0.25, 0.3) is 0 Å². The van der Waals surface area contributed by atoms with Crippen LogP contribution in [0, 0.1) is 0 Å². The molecule has 0 atom stereocenters. The van der Waals surface area contributed by atoms with E-state index in [0.29, 0.717) is 0 Å². The average molecular weight is 368 g/mol. The van der Waals surface area contributed by atoms with E-state index in [-0.39, 0.29) is 42.6 Å². The van der Waals surface area contributed by atoms with E-state index in [4.69, 9.17) is 5.11 Å². The molecule has 25 heavy (non-hydrogen) atoms. The van der Waals surface area contributed by atoms with E-state index in [0.717, 1.165) is 13.0 Å². The van der Waals surface area contributed by atoms with Gasteiger partial charge in [-0.3, -0.25) is 9.69 Å². The topological polar surface area (TPSA) is 92.7 Å². The maximum Gasteiger partial charge on any atom is 1.00 e. The van der Waals surface area contributed by atoms with Crippen molar-refractivity contribution in [3.05, 3.63) is 0 Å². The molecular formula is C18H37N2NaO4. The quantitative estimate of drug-likeness (QED) is 0.281. The Morgan fingerprint density at radius 2 is 1.40 bits per heavy atom. The van der Waals surface area contributed by atoms with Gasteiger partial charge >= 0.3 is 35.5 Å². The van der Waals surface area contributed by atoms with Gasteiger partial charge in [0, 0.05) is 6.54 Å². The van der Waals surface area contributed by atoms with Gasteiger partial charge in [0.2, 0.25) is 0 Å². The smallest absolute Gasteiger partial charge is 0.549 e. The van der Waals surface area contributed by atoms with E-state index >= 15 is 0 Å². The summed E-state index contributed by atoms with van der Waals surface area (Å²) in [5.41, 5.74) is 0. The van der Waals surface area contributed by atoms with E-state index in [1.54, 1.807) is 7.05 Å². The normalized spacial score (nSPS) is 9.92. The first-order valence-electron chi connectivity index (χ1n) is 9.18. The molecule has 0 aliphatic carbocycles. The van der Waals surface area contributed by atoms with Gasteiger partial charge in [-0.15, -0.1) is 0 Å². The summed E-state index contributed by atoms with van der Waals surface area (Å²) in [5.74, 6) is -1.80. The standard InChI is InChI=1S/C15H31NO2.C3H7NO2.Na/c1-3-4-5-6-7-8-9-10-11-12-13-16(2)14-15(17)18;1-4-2-3(5)6;/h3-14H2,1-2H3,(H,17,18);4H,2H2,1H3,(H,5,6);/q;;+1/p-1. The van der Waals surface area contributed by atoms with E-state index in [1.165, 1.54) is 57.8 Å². The molecule has 0 fully saturated rings. The molecule has 6 nitrogen and oxygen atoms in total. The van der Waals surface area contributed by atoms with Crippen LogP contribution in [-0.4, -0.2) is 55.7 Å². The first-order chi connectivity index (χ1) is 11.4. The van der Waals surface area contributed by atoms with E-state index in [2.05, 4.69) is 12.2 Å². The molecule has 0 radical (unpaired) electrons. The molecule has 0 aliphatic rings. The van der Waals surface area contributed by atoms with Gasteiger partial charge in [0.15, 0.2) is 0 Å². The second-order valence-corrected chi connectivity index (χ2v) is 6.22. The minimum absolute atomic E-state index is 0. The molecule has 0 rings (SSSR count). The molecule has 0 saturated heterocycles. The Kier molecular flexibility index (Phi) is 28.3. The molecule has 2 N–H and O–H groups in total. The third kappa shape index (κ3) is 32.1. The van der Waals surface area contributed by atoms with Gasteiger partial charge in [0.1, 0.15) is 0 Å². The van der Waals surface area contributed by atoms with Gasteiger partial charge in [0.05, 0.1) is 12.5 Å². The Balaban J connectivity index is -0.000000592. The van der Waals surface area contributed by atoms with Crippen molar-refractivity contribution in [3.63, 3.8) is 0 Å². The number of rotatable bonds is 15. The van der Waals surface area contributed by atoms with Crippen molar-refractivity contribution < 1.29 is 49.4 Å². The number of hydrogen-bond donors (Lipinski definition) is 2. The summed E-state index contributed by atoms with van der Waals surface area (Å²) in [6.45, 7) is 3.25. The second-order valence-electron chi connectivity index (χ2n) is 6.22. The summed E-state index contributed by atoms with van der Waals surface area (Å²) in [6, 6.07) is 0. The number of carboxylic acids is 2. The van der Waals surface area contributed by atoms with Gasteiger partial charge in [-0.25, -0.2) is 0 Å². The van der Waals surface area contributed by atoms with E-state index in [1.807, 2.05) is 11.9 Å². The predicted molar refractivity (Wildman–Crippen MR) is 95.9 cm³/mol. The third-order valence-electron chi connectivity index (χ3n) is 3.62. The van der Waals surface area contributed by atoms with Crippen LogP contribution < -0.4 is 40.0 Å². The number of carboxylic acid groups (broad SMARTS) is 2. The summed E-state index contributed by atoms with van der Waals surface area (Å²) >= 11 is 0. The van der Waals surface area contributed by atoms with Crippen LogP contribution in [0.4, 0.5) is 0 Å². The maximum absolute atomic E-state index is 10.5. The largest absolute Gasteiger partial charge is 1.00 e. The Morgan fingerprint density at radius 3 is 1.72 bits per heavy atom. The zero-order chi connectivity index (χ0) is 18.6. The van der Waals surface area contributed by atoms with Gasteiger partial charge in [-0.2, -0.15) is 0 Å². The number of nitrogens with zero attached hydrogens (tertiary/aromatic N) is 1. The summed E-state index contributed by atoms with van der Waals surface area (Å²) in [5, 5.41) is 20.4. The second kappa shape index (κ2) is 23.9. The van der Waals surface area contributed by atoms with E-state index < -0.39 is 11.9 Å². The van der Waals surface area contributed by atoms with Crippen molar-refractivity contribution in [2.75, 3.05) is 33.7 Å². The van der Waals surface area contributed by atoms with Crippen LogP contribution in [0.1, 0.15) is 71.1 Å². The molecule has 0 heterocycles. The molecule has 0 aromatic carbocycles. The number of carbonyl (C=O) groups excluding carboxylic acids is 1. The fraction of sp³-hybridized carbons (Fsp3) is 0.889. The number of nitrogens with one attached hydrogen (secondary N) is 1. The molecule has 0 unspecified atom stereocenters. The fourth-order valence-electron chi connectivity index (χ4n) is 2.32. The molecule has 0 aromatic heterocycles. The maximum atomic E-state index is 10.5. The van der Waals surface area contributed by atoms with Crippen LogP contribution >= 0.6 is 0 Å². The van der Waals surface area contributed by atoms with Crippen LogP contribution in [0.25, 0.3) is 0 Å². The SMILES string of the molecule is CCCCCCCCCCCCN(C)CC(=O)O.CNCC(=O)[O-].[Na+]. The minimum atomic E-state index is -1.07. The molecular weight excluding hydrogens is 331 g/mol. The Morgan fingerprint density at radius 1 is 0.960 bits per heavy atom. The van der Waals surface area contributed by atoms with Crippen molar-refractivity contribution in [1.82, 2.24) is 10.2 Å². The van der Waals surface area contributed by atoms with Crippen molar-refractivity contribution in [1.29, 1.82) is 0 Å². The van der Waals surface area contributed by atoms with Gasteiger partial charge in [-0.1, -0.05) is 64.7 Å². The van der Waals surface area contributed by atoms with Crippen molar-refractivity contribution in [3.8, 4) is 0 Å². The third-order valence-corrected chi connectivity index (χ3v) is 3.62. The van der Waals surface area contributed by atoms with Crippen molar-refractivity contribution in [2.45, 2.75) is 71.1 Å². The molecule has 7 heteroatoms. The van der Waals surface area contributed by atoms with Crippen LogP contribution in [0.15, 0.2) is 0 Å². The Bertz CT molecular complexity index is 305. The summed E-state index contributed by atoms with van der Waals surface area (Å²) < 4.78 is 0. The first kappa shape index (κ1) is 29.6. The average Bonchev–Trinajstić information content (AvgIpc) is 2.49.